The summed E-state index contributed by atoms with van der Waals surface area (Å²) in [5.74, 6) is -0.462. The van der Waals surface area contributed by atoms with Crippen LogP contribution in [0.4, 0.5) is 14.2 Å². The van der Waals surface area contributed by atoms with Gasteiger partial charge in [0.1, 0.15) is 10.5 Å². The Hall–Kier alpha value is -2.85. The lowest BCUT2D eigenvalue weighted by atomic mass is 10.2. The highest BCUT2D eigenvalue weighted by Gasteiger charge is 2.20. The highest BCUT2D eigenvalue weighted by Crippen LogP contribution is 2.33. The molecule has 10 heteroatoms. The minimum Gasteiger partial charge on any atom is -0.450 e. The number of ether oxygens (including phenoxy) is 1. The predicted octanol–water partition coefficient (Wildman–Crippen LogP) is 5.67. The van der Waals surface area contributed by atoms with Crippen LogP contribution in [0.25, 0.3) is 15.9 Å². The fourth-order valence-corrected chi connectivity index (χ4v) is 4.02. The van der Waals surface area contributed by atoms with Crippen molar-refractivity contribution < 1.29 is 18.7 Å². The van der Waals surface area contributed by atoms with Crippen molar-refractivity contribution in [3.63, 3.8) is 0 Å². The quantitative estimate of drug-likeness (QED) is 0.505. The van der Waals surface area contributed by atoms with Gasteiger partial charge in [-0.2, -0.15) is 4.39 Å². The third-order valence-corrected chi connectivity index (χ3v) is 5.40. The molecule has 3 aromatic rings. The zero-order chi connectivity index (χ0) is 22.1. The van der Waals surface area contributed by atoms with Crippen molar-refractivity contribution >= 4 is 55.6 Å². The van der Waals surface area contributed by atoms with Gasteiger partial charge < -0.3 is 10.1 Å². The molecule has 2 amide bonds. The molecule has 30 heavy (non-hydrogen) atoms. The number of anilines is 1. The molecule has 0 saturated heterocycles. The maximum absolute atomic E-state index is 14.0. The second-order valence-electron chi connectivity index (χ2n) is 5.48. The molecule has 160 valence electrons. The predicted molar refractivity (Wildman–Crippen MR) is 119 cm³/mol. The molecule has 7 nitrogen and oxygen atoms in total. The van der Waals surface area contributed by atoms with Gasteiger partial charge in [0.05, 0.1) is 23.2 Å². The number of nitrogens with one attached hydrogen (secondary N) is 2. The summed E-state index contributed by atoms with van der Waals surface area (Å²) in [6.07, 6.45) is 4.86. The van der Waals surface area contributed by atoms with Crippen LogP contribution in [0.1, 0.15) is 49.5 Å². The normalized spacial score (nSPS) is 10.9. The maximum Gasteiger partial charge on any atom is 0.411 e. The average Bonchev–Trinajstić information content (AvgIpc) is 3.32. The number of alkyl carbamates (subject to hydrolysis) is 1. The van der Waals surface area contributed by atoms with Crippen LogP contribution in [-0.2, 0) is 4.74 Å². The minimum atomic E-state index is -0.648. The summed E-state index contributed by atoms with van der Waals surface area (Å²) in [7, 11) is 0. The van der Waals surface area contributed by atoms with E-state index in [1.807, 2.05) is 20.8 Å². The van der Waals surface area contributed by atoms with Crippen molar-refractivity contribution in [1.82, 2.24) is 15.3 Å². The maximum atomic E-state index is 14.0. The first-order chi connectivity index (χ1) is 14.5. The molecule has 0 unspecified atom stereocenters. The lowest BCUT2D eigenvalue weighted by Gasteiger charge is -2.11. The molecule has 0 bridgehead atoms. The Kier molecular flexibility index (Phi) is 8.88. The van der Waals surface area contributed by atoms with Crippen molar-refractivity contribution in [3.8, 4) is 0 Å². The van der Waals surface area contributed by atoms with Gasteiger partial charge in [0.25, 0.3) is 5.91 Å². The van der Waals surface area contributed by atoms with Crippen molar-refractivity contribution in [3.05, 3.63) is 46.3 Å². The summed E-state index contributed by atoms with van der Waals surface area (Å²) in [6.45, 7) is 7.77. The van der Waals surface area contributed by atoms with Gasteiger partial charge in [0.15, 0.2) is 10.1 Å². The number of nitrogens with zero attached hydrogens (tertiary/aromatic N) is 2. The van der Waals surface area contributed by atoms with E-state index in [4.69, 9.17) is 4.74 Å². The van der Waals surface area contributed by atoms with Crippen LogP contribution in [0.3, 0.4) is 0 Å². The van der Waals surface area contributed by atoms with E-state index in [1.54, 1.807) is 31.5 Å². The van der Waals surface area contributed by atoms with Crippen molar-refractivity contribution in [2.75, 3.05) is 11.9 Å². The molecule has 3 aromatic heterocycles. The number of pyridine rings is 1. The van der Waals surface area contributed by atoms with E-state index in [-0.39, 0.29) is 16.6 Å². The molecule has 0 aromatic carbocycles. The standard InChI is InChI=1S/C18H17FN4O3S2.C2H6/c1-3-5-11(22-18(25)26-4-2)10-8-14(19)28-16(10)23-15(24)17-21-12-9-20-7-6-13(12)27-17;1-2/h5-9H,3-4H2,1-2H3,(H,22,25)(H,23,24);1-2H3. The molecule has 0 aliphatic rings. The van der Waals surface area contributed by atoms with Crippen LogP contribution in [0.5, 0.6) is 0 Å². The van der Waals surface area contributed by atoms with Gasteiger partial charge in [-0.1, -0.05) is 38.2 Å². The van der Waals surface area contributed by atoms with Crippen LogP contribution in [0, 0.1) is 5.13 Å². The Morgan fingerprint density at radius 2 is 2.03 bits per heavy atom. The van der Waals surface area contributed by atoms with E-state index in [2.05, 4.69) is 20.6 Å². The molecule has 2 N–H and O–H groups in total. The molecule has 0 aliphatic carbocycles. The summed E-state index contributed by atoms with van der Waals surface area (Å²) >= 11 is 1.99. The molecule has 3 rings (SSSR count). The number of thiazole rings is 1. The second-order valence-corrected chi connectivity index (χ2v) is 7.51. The number of rotatable bonds is 6. The highest BCUT2D eigenvalue weighted by atomic mass is 32.1. The smallest absolute Gasteiger partial charge is 0.411 e. The number of hydrogen-bond donors (Lipinski definition) is 2. The second kappa shape index (κ2) is 11.4. The van der Waals surface area contributed by atoms with Gasteiger partial charge in [0, 0.05) is 11.8 Å². The SMILES string of the molecule is CC.CCC=C(NC(=O)OCC)c1cc(F)sc1NC(=O)c1nc2cnccc2s1. The first kappa shape index (κ1) is 23.4. The van der Waals surface area contributed by atoms with Gasteiger partial charge in [0.2, 0.25) is 0 Å². The molecule has 0 saturated carbocycles. The van der Waals surface area contributed by atoms with Crippen molar-refractivity contribution in [2.24, 2.45) is 0 Å². The number of carbonyl (C=O) groups excluding carboxylic acids is 2. The lowest BCUT2D eigenvalue weighted by molar-refractivity contribution is 0.102. The minimum absolute atomic E-state index is 0.208. The number of thiophene rings is 1. The van der Waals surface area contributed by atoms with Gasteiger partial charge in [-0.05, 0) is 25.5 Å². The van der Waals surface area contributed by atoms with Gasteiger partial charge in [-0.3, -0.25) is 15.1 Å². The Balaban J connectivity index is 0.00000155. The number of aromatic nitrogens is 2. The fourth-order valence-electron chi connectivity index (χ4n) is 2.40. The van der Waals surface area contributed by atoms with E-state index in [1.165, 1.54) is 17.4 Å². The molecule has 0 radical (unpaired) electrons. The van der Waals surface area contributed by atoms with Gasteiger partial charge in [-0.25, -0.2) is 9.78 Å². The Labute approximate surface area is 182 Å². The number of allylic oxidation sites excluding steroid dienone is 1. The van der Waals surface area contributed by atoms with E-state index in [9.17, 15) is 14.0 Å². The highest BCUT2D eigenvalue weighted by molar-refractivity contribution is 7.20. The largest absolute Gasteiger partial charge is 0.450 e. The number of hydrogen-bond acceptors (Lipinski definition) is 7. The van der Waals surface area contributed by atoms with Crippen LogP contribution in [-0.4, -0.2) is 28.6 Å². The zero-order valence-corrected chi connectivity index (χ0v) is 18.7. The molecular formula is C20H23FN4O3S2. The molecule has 0 spiro atoms. The lowest BCUT2D eigenvalue weighted by Crippen LogP contribution is -2.23. The van der Waals surface area contributed by atoms with Crippen LogP contribution in [0.15, 0.2) is 30.6 Å². The topological polar surface area (TPSA) is 93.2 Å². The number of halogens is 1. The average molecular weight is 451 g/mol. The van der Waals surface area contributed by atoms with E-state index in [0.717, 1.165) is 16.0 Å². The first-order valence-electron chi connectivity index (χ1n) is 9.47. The summed E-state index contributed by atoms with van der Waals surface area (Å²) in [4.78, 5) is 32.6. The van der Waals surface area contributed by atoms with Crippen molar-refractivity contribution in [2.45, 2.75) is 34.1 Å². The molecule has 0 aliphatic heterocycles. The van der Waals surface area contributed by atoms with E-state index in [0.29, 0.717) is 23.2 Å². The van der Waals surface area contributed by atoms with Crippen LogP contribution < -0.4 is 10.6 Å². The van der Waals surface area contributed by atoms with E-state index >= 15 is 0 Å². The van der Waals surface area contributed by atoms with E-state index < -0.39 is 17.1 Å². The molecule has 0 atom stereocenters. The van der Waals surface area contributed by atoms with Gasteiger partial charge >= 0.3 is 6.09 Å². The third kappa shape index (κ3) is 5.83. The summed E-state index contributed by atoms with van der Waals surface area (Å²) in [6, 6.07) is 3.03. The van der Waals surface area contributed by atoms with Crippen LogP contribution in [0.2, 0.25) is 0 Å². The summed E-state index contributed by atoms with van der Waals surface area (Å²) < 4.78 is 19.7. The zero-order valence-electron chi connectivity index (χ0n) is 17.1. The summed E-state index contributed by atoms with van der Waals surface area (Å²) in [5, 5.41) is 5.30. The Morgan fingerprint density at radius 1 is 1.27 bits per heavy atom. The first-order valence-corrected chi connectivity index (χ1v) is 11.1. The fraction of sp³-hybridized carbons (Fsp3) is 0.300. The van der Waals surface area contributed by atoms with Crippen molar-refractivity contribution in [1.29, 1.82) is 0 Å². The number of fused-ring (bicyclic) bond motifs is 1. The van der Waals surface area contributed by atoms with Gasteiger partial charge in [-0.15, -0.1) is 11.3 Å². The third-order valence-electron chi connectivity index (χ3n) is 3.52. The number of amides is 2. The summed E-state index contributed by atoms with van der Waals surface area (Å²) in [5.41, 5.74) is 1.35. The number of carbonyl (C=O) groups is 2. The molecule has 0 fully saturated rings. The molecule has 3 heterocycles. The molecular weight excluding hydrogens is 427 g/mol. The Morgan fingerprint density at radius 3 is 2.70 bits per heavy atom. The monoisotopic (exact) mass is 450 g/mol. The Bertz CT molecular complexity index is 1010. The van der Waals surface area contributed by atoms with Crippen LogP contribution >= 0.6 is 22.7 Å².